The van der Waals surface area contributed by atoms with Crippen molar-refractivity contribution in [3.63, 3.8) is 0 Å². The Bertz CT molecular complexity index is 379. The number of aliphatic carboxylic acids is 1. The monoisotopic (exact) mass is 224 g/mol. The molecular weight excluding hydrogens is 212 g/mol. The second-order valence-electron chi connectivity index (χ2n) is 2.85. The predicted octanol–water partition coefficient (Wildman–Crippen LogP) is 2.55. The molecule has 0 aromatic carbocycles. The molecule has 1 aromatic rings. The minimum Gasteiger partial charge on any atom is -0.501 e. The minimum absolute atomic E-state index is 0.138. The molecule has 80 valence electrons. The fourth-order valence-corrected chi connectivity index (χ4v) is 2.07. The third-order valence-electron chi connectivity index (χ3n) is 1.89. The lowest BCUT2D eigenvalue weighted by Gasteiger charge is -2.03. The molecule has 0 fully saturated rings. The summed E-state index contributed by atoms with van der Waals surface area (Å²) in [5.41, 5.74) is 1.09. The van der Waals surface area contributed by atoms with E-state index in [0.717, 1.165) is 10.4 Å². The molecule has 0 amide bonds. The van der Waals surface area contributed by atoms with Crippen molar-refractivity contribution in [2.45, 2.75) is 6.42 Å². The molecule has 0 saturated heterocycles. The highest BCUT2D eigenvalue weighted by atomic mass is 32.1. The van der Waals surface area contributed by atoms with Crippen LogP contribution in [0.15, 0.2) is 30.9 Å². The van der Waals surface area contributed by atoms with E-state index in [0.29, 0.717) is 13.0 Å². The minimum atomic E-state index is -0.983. The Morgan fingerprint density at radius 2 is 2.40 bits per heavy atom. The molecule has 4 heteroatoms. The van der Waals surface area contributed by atoms with Crippen LogP contribution < -0.4 is 0 Å². The van der Waals surface area contributed by atoms with E-state index in [4.69, 9.17) is 9.84 Å². The second kappa shape index (κ2) is 5.36. The van der Waals surface area contributed by atoms with Crippen molar-refractivity contribution in [1.29, 1.82) is 0 Å². The SMILES string of the molecule is C=COCCc1ccsc1C(=C)C(=O)O. The standard InChI is InChI=1S/C11H12O3S/c1-3-14-6-4-9-5-7-15-10(9)8(2)11(12)13/h3,5,7H,1-2,4,6H2,(H,12,13). The molecule has 1 aromatic heterocycles. The van der Waals surface area contributed by atoms with Gasteiger partial charge in [-0.05, 0) is 17.0 Å². The van der Waals surface area contributed by atoms with E-state index in [9.17, 15) is 4.79 Å². The largest absolute Gasteiger partial charge is 0.501 e. The molecule has 0 aliphatic rings. The van der Waals surface area contributed by atoms with Crippen LogP contribution in [0.25, 0.3) is 5.57 Å². The van der Waals surface area contributed by atoms with E-state index in [1.165, 1.54) is 17.6 Å². The summed E-state index contributed by atoms with van der Waals surface area (Å²) >= 11 is 1.38. The van der Waals surface area contributed by atoms with Gasteiger partial charge in [-0.1, -0.05) is 13.2 Å². The van der Waals surface area contributed by atoms with Crippen molar-refractivity contribution in [2.75, 3.05) is 6.61 Å². The number of hydrogen-bond acceptors (Lipinski definition) is 3. The van der Waals surface area contributed by atoms with E-state index in [2.05, 4.69) is 13.2 Å². The van der Waals surface area contributed by atoms with Gasteiger partial charge in [0.15, 0.2) is 0 Å². The number of carboxylic acids is 1. The van der Waals surface area contributed by atoms with Crippen LogP contribution in [0.4, 0.5) is 0 Å². The summed E-state index contributed by atoms with van der Waals surface area (Å²) in [6.07, 6.45) is 2.04. The molecule has 0 spiro atoms. The molecule has 0 radical (unpaired) electrons. The maximum Gasteiger partial charge on any atom is 0.336 e. The zero-order chi connectivity index (χ0) is 11.3. The van der Waals surface area contributed by atoms with Gasteiger partial charge in [-0.15, -0.1) is 11.3 Å². The quantitative estimate of drug-likeness (QED) is 0.459. The van der Waals surface area contributed by atoms with Gasteiger partial charge in [0, 0.05) is 11.3 Å². The third-order valence-corrected chi connectivity index (χ3v) is 2.90. The van der Waals surface area contributed by atoms with Gasteiger partial charge < -0.3 is 9.84 Å². The molecule has 3 nitrogen and oxygen atoms in total. The Labute approximate surface area is 92.3 Å². The zero-order valence-electron chi connectivity index (χ0n) is 8.23. The van der Waals surface area contributed by atoms with Crippen LogP contribution in [-0.2, 0) is 16.0 Å². The molecule has 0 bridgehead atoms. The number of carboxylic acid groups (broad SMARTS) is 1. The zero-order valence-corrected chi connectivity index (χ0v) is 9.05. The van der Waals surface area contributed by atoms with E-state index in [1.807, 2.05) is 11.4 Å². The van der Waals surface area contributed by atoms with E-state index in [1.54, 1.807) is 0 Å². The van der Waals surface area contributed by atoms with Gasteiger partial charge in [0.2, 0.25) is 0 Å². The molecule has 1 N–H and O–H groups in total. The molecule has 0 aliphatic heterocycles. The Morgan fingerprint density at radius 1 is 1.67 bits per heavy atom. The van der Waals surface area contributed by atoms with Gasteiger partial charge in [-0.25, -0.2) is 4.79 Å². The number of ether oxygens (including phenoxy) is 1. The van der Waals surface area contributed by atoms with Crippen molar-refractivity contribution in [2.24, 2.45) is 0 Å². The fraction of sp³-hybridized carbons (Fsp3) is 0.182. The van der Waals surface area contributed by atoms with E-state index < -0.39 is 5.97 Å². The van der Waals surface area contributed by atoms with Crippen LogP contribution in [0.2, 0.25) is 0 Å². The van der Waals surface area contributed by atoms with E-state index >= 15 is 0 Å². The molecule has 15 heavy (non-hydrogen) atoms. The molecule has 1 rings (SSSR count). The number of rotatable bonds is 6. The first-order chi connectivity index (χ1) is 7.16. The summed E-state index contributed by atoms with van der Waals surface area (Å²) in [6.45, 7) is 7.47. The van der Waals surface area contributed by atoms with Gasteiger partial charge in [0.1, 0.15) is 0 Å². The summed E-state index contributed by atoms with van der Waals surface area (Å²) < 4.78 is 4.99. The van der Waals surface area contributed by atoms with Crippen LogP contribution in [0, 0.1) is 0 Å². The first kappa shape index (κ1) is 11.5. The van der Waals surface area contributed by atoms with Crippen molar-refractivity contribution in [3.05, 3.63) is 41.3 Å². The van der Waals surface area contributed by atoms with Gasteiger partial charge in [-0.3, -0.25) is 0 Å². The van der Waals surface area contributed by atoms with Crippen molar-refractivity contribution in [3.8, 4) is 0 Å². The molecule has 0 aliphatic carbocycles. The van der Waals surface area contributed by atoms with Crippen LogP contribution in [-0.4, -0.2) is 17.7 Å². The van der Waals surface area contributed by atoms with Crippen LogP contribution >= 0.6 is 11.3 Å². The fourth-order valence-electron chi connectivity index (χ4n) is 1.15. The highest BCUT2D eigenvalue weighted by Crippen LogP contribution is 2.24. The second-order valence-corrected chi connectivity index (χ2v) is 3.76. The molecule has 0 atom stereocenters. The normalized spacial score (nSPS) is 9.60. The highest BCUT2D eigenvalue weighted by Gasteiger charge is 2.13. The first-order valence-corrected chi connectivity index (χ1v) is 5.26. The Kier molecular flexibility index (Phi) is 4.12. The lowest BCUT2D eigenvalue weighted by Crippen LogP contribution is -2.00. The summed E-state index contributed by atoms with van der Waals surface area (Å²) in [4.78, 5) is 11.5. The lowest BCUT2D eigenvalue weighted by molar-refractivity contribution is -0.130. The number of carbonyl (C=O) groups is 1. The average Bonchev–Trinajstić information content (AvgIpc) is 2.65. The highest BCUT2D eigenvalue weighted by molar-refractivity contribution is 7.11. The number of thiophene rings is 1. The van der Waals surface area contributed by atoms with Crippen molar-refractivity contribution in [1.82, 2.24) is 0 Å². The smallest absolute Gasteiger partial charge is 0.336 e. The summed E-state index contributed by atoms with van der Waals surface area (Å²) in [7, 11) is 0. The van der Waals surface area contributed by atoms with Crippen LogP contribution in [0.1, 0.15) is 10.4 Å². The van der Waals surface area contributed by atoms with Gasteiger partial charge in [-0.2, -0.15) is 0 Å². The molecular formula is C11H12O3S. The topological polar surface area (TPSA) is 46.5 Å². The van der Waals surface area contributed by atoms with Crippen LogP contribution in [0.3, 0.4) is 0 Å². The Balaban J connectivity index is 2.73. The number of hydrogen-bond donors (Lipinski definition) is 1. The molecule has 0 unspecified atom stereocenters. The first-order valence-electron chi connectivity index (χ1n) is 4.38. The molecule has 1 heterocycles. The summed E-state index contributed by atoms with van der Waals surface area (Å²) in [6, 6.07) is 1.89. The predicted molar refractivity (Wildman–Crippen MR) is 60.8 cm³/mol. The summed E-state index contributed by atoms with van der Waals surface area (Å²) in [5.74, 6) is -0.983. The maximum atomic E-state index is 10.7. The van der Waals surface area contributed by atoms with Gasteiger partial charge >= 0.3 is 5.97 Å². The third kappa shape index (κ3) is 2.95. The Morgan fingerprint density at radius 3 is 3.00 bits per heavy atom. The van der Waals surface area contributed by atoms with Crippen molar-refractivity contribution < 1.29 is 14.6 Å². The maximum absolute atomic E-state index is 10.7. The lowest BCUT2D eigenvalue weighted by atomic mass is 10.1. The van der Waals surface area contributed by atoms with Gasteiger partial charge in [0.25, 0.3) is 0 Å². The summed E-state index contributed by atoms with van der Waals surface area (Å²) in [5, 5.41) is 10.7. The van der Waals surface area contributed by atoms with Crippen molar-refractivity contribution >= 4 is 22.9 Å². The average molecular weight is 224 g/mol. The molecule has 0 saturated carbocycles. The van der Waals surface area contributed by atoms with Crippen LogP contribution in [0.5, 0.6) is 0 Å². The van der Waals surface area contributed by atoms with E-state index in [-0.39, 0.29) is 5.57 Å². The Hall–Kier alpha value is -1.55. The van der Waals surface area contributed by atoms with Gasteiger partial charge in [0.05, 0.1) is 18.4 Å².